The normalized spacial score (nSPS) is 8.73. The van der Waals surface area contributed by atoms with Crippen LogP contribution in [0.4, 0.5) is 4.79 Å². The quantitative estimate of drug-likeness (QED) is 0.720. The molecule has 0 aliphatic rings. The molecule has 1 aromatic heterocycles. The predicted octanol–water partition coefficient (Wildman–Crippen LogP) is 4.13. The van der Waals surface area contributed by atoms with Crippen molar-refractivity contribution in [1.82, 2.24) is 0 Å². The van der Waals surface area contributed by atoms with Gasteiger partial charge in [0, 0.05) is 10.3 Å². The smallest absolute Gasteiger partial charge is 0.448 e. The van der Waals surface area contributed by atoms with E-state index in [9.17, 15) is 18.0 Å². The summed E-state index contributed by atoms with van der Waals surface area (Å²) in [7, 11) is -2.70. The van der Waals surface area contributed by atoms with E-state index < -0.39 is 16.6 Å². The molecule has 0 aliphatic heterocycles. The van der Waals surface area contributed by atoms with E-state index in [-0.39, 0.29) is 12.6 Å². The summed E-state index contributed by atoms with van der Waals surface area (Å²) in [5, 5.41) is 1.81. The van der Waals surface area contributed by atoms with Gasteiger partial charge in [0.15, 0.2) is 0 Å². The Kier molecular flexibility index (Phi) is 13.4. The van der Waals surface area contributed by atoms with Gasteiger partial charge in [-0.1, -0.05) is 40.8 Å². The number of esters is 1. The highest BCUT2D eigenvalue weighted by molar-refractivity contribution is 7.62. The van der Waals surface area contributed by atoms with Crippen LogP contribution in [0.5, 0.6) is 0 Å². The monoisotopic (exact) mass is 399 g/mol. The lowest BCUT2D eigenvalue weighted by Gasteiger charge is -1.96. The highest BCUT2D eigenvalue weighted by atomic mass is 32.2. The van der Waals surface area contributed by atoms with Crippen molar-refractivity contribution in [3.63, 3.8) is 0 Å². The highest BCUT2D eigenvalue weighted by Crippen LogP contribution is 2.13. The Hall–Kier alpha value is -2.52. The van der Waals surface area contributed by atoms with Crippen molar-refractivity contribution < 1.29 is 27.5 Å². The number of thiophene rings is 1. The maximum absolute atomic E-state index is 11.0. The average molecular weight is 399 g/mol. The molecule has 1 heterocycles. The minimum absolute atomic E-state index is 0.125. The number of benzene rings is 1. The second-order valence-electron chi connectivity index (χ2n) is 4.33. The van der Waals surface area contributed by atoms with E-state index in [2.05, 4.69) is 9.10 Å². The van der Waals surface area contributed by atoms with Crippen molar-refractivity contribution in [2.45, 2.75) is 20.8 Å². The summed E-state index contributed by atoms with van der Waals surface area (Å²) < 4.78 is 30.7. The first kappa shape index (κ1) is 23.5. The largest absolute Gasteiger partial charge is 0.462 e. The van der Waals surface area contributed by atoms with Crippen molar-refractivity contribution in [2.24, 2.45) is 4.36 Å². The fourth-order valence-corrected chi connectivity index (χ4v) is 2.21. The lowest BCUT2D eigenvalue weighted by molar-refractivity contribution is 0.0527. The van der Waals surface area contributed by atoms with Gasteiger partial charge in [-0.3, -0.25) is 0 Å². The van der Waals surface area contributed by atoms with E-state index in [4.69, 9.17) is 4.74 Å². The molecule has 0 atom stereocenters. The number of hydrogen-bond acceptors (Lipinski definition) is 7. The van der Waals surface area contributed by atoms with E-state index in [0.717, 1.165) is 4.88 Å². The summed E-state index contributed by atoms with van der Waals surface area (Å²) >= 11 is 1.56. The van der Waals surface area contributed by atoms with Crippen LogP contribution < -0.4 is 0 Å². The summed E-state index contributed by atoms with van der Waals surface area (Å²) in [6.07, 6.45) is -1.08. The number of hydrogen-bond donors (Lipinski definition) is 0. The Bertz CT molecular complexity index is 750. The van der Waals surface area contributed by atoms with Gasteiger partial charge in [0.25, 0.3) is 0 Å². The van der Waals surface area contributed by atoms with Gasteiger partial charge >= 0.3 is 22.6 Å². The zero-order valence-electron chi connectivity index (χ0n) is 14.7. The zero-order valence-corrected chi connectivity index (χ0v) is 16.4. The van der Waals surface area contributed by atoms with Gasteiger partial charge in [-0.2, -0.15) is 8.42 Å². The molecule has 0 aliphatic carbocycles. The zero-order chi connectivity index (χ0) is 19.8. The van der Waals surface area contributed by atoms with Crippen LogP contribution in [-0.4, -0.2) is 33.7 Å². The maximum Gasteiger partial charge on any atom is 0.448 e. The summed E-state index contributed by atoms with van der Waals surface area (Å²) in [6, 6.07) is 13.8. The fraction of sp³-hybridized carbons (Fsp3) is 0.294. The Morgan fingerprint density at radius 1 is 1.00 bits per heavy atom. The van der Waals surface area contributed by atoms with Crippen molar-refractivity contribution in [3.05, 3.63) is 58.3 Å². The number of carbonyl (C=O) groups is 2. The second-order valence-corrected chi connectivity index (χ2v) is 6.06. The summed E-state index contributed by atoms with van der Waals surface area (Å²) in [4.78, 5) is 22.2. The molecule has 2 aromatic rings. The molecule has 26 heavy (non-hydrogen) atoms. The van der Waals surface area contributed by atoms with Crippen LogP contribution in [0.2, 0.25) is 0 Å². The predicted molar refractivity (Wildman–Crippen MR) is 99.8 cm³/mol. The first-order valence-electron chi connectivity index (χ1n) is 7.60. The van der Waals surface area contributed by atoms with E-state index >= 15 is 0 Å². The average Bonchev–Trinajstić information content (AvgIpc) is 3.04. The number of aryl methyl sites for hydroxylation is 1. The lowest BCUT2D eigenvalue weighted by atomic mass is 10.3. The number of ether oxygens (including phenoxy) is 2. The van der Waals surface area contributed by atoms with Crippen LogP contribution >= 0.6 is 11.3 Å². The number of nitrogens with zero attached hydrogens (tertiary/aromatic N) is 1. The standard InChI is InChI=1S/C8H10O2S.C6H6.C3H5NO4S/c1-3-10-8(9)7-4-6(2)11-5-7;1-2-4-6-5-3-1;1-2-8-3(5)4-9(6)7/h4-5H,3H2,1-2H3;1-6H;2H2,1H3. The van der Waals surface area contributed by atoms with E-state index in [1.807, 2.05) is 54.8 Å². The number of carbonyl (C=O) groups excluding carboxylic acids is 2. The maximum atomic E-state index is 11.0. The topological polar surface area (TPSA) is 99.1 Å². The number of amides is 1. The molecule has 0 N–H and O–H groups in total. The van der Waals surface area contributed by atoms with Crippen LogP contribution in [0.1, 0.15) is 29.1 Å². The summed E-state index contributed by atoms with van der Waals surface area (Å²) in [6.45, 7) is 5.89. The van der Waals surface area contributed by atoms with Crippen LogP contribution in [-0.2, 0) is 20.0 Å². The molecular formula is C17H21NO6S2. The molecule has 1 aromatic carbocycles. The minimum Gasteiger partial charge on any atom is -0.462 e. The van der Waals surface area contributed by atoms with Crippen LogP contribution in [0.15, 0.2) is 52.2 Å². The summed E-state index contributed by atoms with van der Waals surface area (Å²) in [5.74, 6) is -0.225. The third-order valence-electron chi connectivity index (χ3n) is 2.33. The molecule has 0 radical (unpaired) electrons. The van der Waals surface area contributed by atoms with Crippen molar-refractivity contribution >= 4 is 33.9 Å². The fourth-order valence-electron chi connectivity index (χ4n) is 1.36. The molecule has 0 unspecified atom stereocenters. The highest BCUT2D eigenvalue weighted by Gasteiger charge is 2.06. The number of rotatable bonds is 3. The Labute approximate surface area is 158 Å². The van der Waals surface area contributed by atoms with Crippen LogP contribution in [0.3, 0.4) is 0 Å². The minimum atomic E-state index is -2.70. The van der Waals surface area contributed by atoms with Crippen molar-refractivity contribution in [1.29, 1.82) is 0 Å². The van der Waals surface area contributed by atoms with Gasteiger partial charge in [0.05, 0.1) is 18.8 Å². The van der Waals surface area contributed by atoms with Crippen molar-refractivity contribution in [2.75, 3.05) is 13.2 Å². The van der Waals surface area contributed by atoms with Gasteiger partial charge in [-0.15, -0.1) is 11.3 Å². The molecule has 0 saturated heterocycles. The van der Waals surface area contributed by atoms with Gasteiger partial charge in [0.1, 0.15) is 0 Å². The van der Waals surface area contributed by atoms with Crippen LogP contribution in [0, 0.1) is 6.92 Å². The first-order valence-corrected chi connectivity index (χ1v) is 9.51. The molecule has 0 fully saturated rings. The molecule has 1 amide bonds. The second kappa shape index (κ2) is 14.8. The molecule has 9 heteroatoms. The third kappa shape index (κ3) is 12.8. The molecule has 0 saturated carbocycles. The molecule has 0 bridgehead atoms. The van der Waals surface area contributed by atoms with Gasteiger partial charge < -0.3 is 9.47 Å². The third-order valence-corrected chi connectivity index (χ3v) is 3.48. The lowest BCUT2D eigenvalue weighted by Crippen LogP contribution is -2.02. The van der Waals surface area contributed by atoms with E-state index in [1.165, 1.54) is 0 Å². The molecule has 0 spiro atoms. The summed E-state index contributed by atoms with van der Waals surface area (Å²) in [5.41, 5.74) is 0.661. The van der Waals surface area contributed by atoms with Gasteiger partial charge in [0.2, 0.25) is 0 Å². The SMILES string of the molecule is CCOC(=O)N=S(=O)=O.CCOC(=O)c1csc(C)c1.c1ccccc1. The Morgan fingerprint density at radius 2 is 1.50 bits per heavy atom. The Balaban J connectivity index is 0.000000376. The van der Waals surface area contributed by atoms with E-state index in [1.54, 1.807) is 25.2 Å². The molecule has 2 rings (SSSR count). The van der Waals surface area contributed by atoms with Crippen LogP contribution in [0.25, 0.3) is 0 Å². The molecule has 142 valence electrons. The first-order chi connectivity index (χ1) is 12.4. The van der Waals surface area contributed by atoms with Crippen molar-refractivity contribution in [3.8, 4) is 0 Å². The molecular weight excluding hydrogens is 378 g/mol. The Morgan fingerprint density at radius 3 is 1.85 bits per heavy atom. The van der Waals surface area contributed by atoms with Gasteiger partial charge in [-0.05, 0) is 26.8 Å². The van der Waals surface area contributed by atoms with Gasteiger partial charge in [-0.25, -0.2) is 9.59 Å². The molecule has 7 nitrogen and oxygen atoms in total. The van der Waals surface area contributed by atoms with E-state index in [0.29, 0.717) is 12.2 Å².